The van der Waals surface area contributed by atoms with E-state index in [-0.39, 0.29) is 25.0 Å². The lowest BCUT2D eigenvalue weighted by Crippen LogP contribution is -2.29. The molecule has 0 amide bonds. The predicted molar refractivity (Wildman–Crippen MR) is 196 cm³/mol. The second-order valence-electron chi connectivity index (χ2n) is 13.7. The van der Waals surface area contributed by atoms with Gasteiger partial charge in [-0.05, 0) is 71.4 Å². The largest absolute Gasteiger partial charge is 0.462 e. The van der Waals surface area contributed by atoms with Gasteiger partial charge in [-0.25, -0.2) is 0 Å². The Balaban J connectivity index is 3.79. The number of hydrogen-bond acceptors (Lipinski definition) is 6. The number of carbonyl (C=O) groups is 1. The van der Waals surface area contributed by atoms with Crippen molar-refractivity contribution >= 4 is 5.97 Å². The summed E-state index contributed by atoms with van der Waals surface area (Å²) in [6.07, 6.45) is 32.0. The van der Waals surface area contributed by atoms with Crippen molar-refractivity contribution in [3.63, 3.8) is 0 Å². The molecule has 0 radical (unpaired) electrons. The molecule has 0 heterocycles. The van der Waals surface area contributed by atoms with Crippen LogP contribution in [0.4, 0.5) is 0 Å². The summed E-state index contributed by atoms with van der Waals surface area (Å²) in [6.45, 7) is 13.4. The Kier molecular flexibility index (Phi) is 36.6. The fourth-order valence-corrected chi connectivity index (χ4v) is 6.10. The second kappa shape index (κ2) is 37.1. The van der Waals surface area contributed by atoms with Crippen molar-refractivity contribution in [1.29, 1.82) is 0 Å². The van der Waals surface area contributed by atoms with E-state index < -0.39 is 0 Å². The van der Waals surface area contributed by atoms with Gasteiger partial charge in [0.05, 0.1) is 6.61 Å². The quantitative estimate of drug-likeness (QED) is 0.0405. The van der Waals surface area contributed by atoms with Gasteiger partial charge in [0.15, 0.2) is 6.29 Å². The van der Waals surface area contributed by atoms with Crippen molar-refractivity contribution in [1.82, 2.24) is 4.90 Å². The van der Waals surface area contributed by atoms with Crippen LogP contribution < -0.4 is 0 Å². The minimum absolute atomic E-state index is 0.00872. The fraction of sp³-hybridized carbons (Fsp3) is 0.975. The fourth-order valence-electron chi connectivity index (χ4n) is 6.10. The van der Waals surface area contributed by atoms with E-state index in [0.717, 1.165) is 90.6 Å². The van der Waals surface area contributed by atoms with Crippen molar-refractivity contribution in [2.45, 2.75) is 213 Å². The maximum atomic E-state index is 12.5. The van der Waals surface area contributed by atoms with Gasteiger partial charge in [-0.1, -0.05) is 136 Å². The average molecular weight is 656 g/mol. The third-order valence-electron chi connectivity index (χ3n) is 9.15. The molecule has 6 nitrogen and oxygen atoms in total. The molecule has 6 heteroatoms. The standard InChI is InChI=1S/C40H81NO5/c1-5-8-11-13-15-21-27-36-44-38(4)45-37-28-22-20-26-33-41(34-35-42)32-25-19-16-18-24-31-40(43)46-39(29-10-7-3)30-23-17-14-12-9-6-2/h38-39,42H,5-37H2,1-4H3. The summed E-state index contributed by atoms with van der Waals surface area (Å²) in [5, 5.41) is 9.51. The Morgan fingerprint density at radius 3 is 1.50 bits per heavy atom. The van der Waals surface area contributed by atoms with Crippen LogP contribution in [0.3, 0.4) is 0 Å². The molecule has 0 aliphatic rings. The average Bonchev–Trinajstić information content (AvgIpc) is 3.05. The molecule has 2 unspecified atom stereocenters. The zero-order valence-electron chi connectivity index (χ0n) is 31.5. The summed E-state index contributed by atoms with van der Waals surface area (Å²) in [6, 6.07) is 0. The van der Waals surface area contributed by atoms with E-state index in [1.165, 1.54) is 109 Å². The second-order valence-corrected chi connectivity index (χ2v) is 13.7. The highest BCUT2D eigenvalue weighted by Crippen LogP contribution is 2.17. The monoisotopic (exact) mass is 656 g/mol. The Hall–Kier alpha value is -0.690. The van der Waals surface area contributed by atoms with Crippen LogP contribution in [-0.4, -0.2) is 67.8 Å². The molecular weight excluding hydrogens is 574 g/mol. The molecule has 0 saturated carbocycles. The minimum Gasteiger partial charge on any atom is -0.462 e. The van der Waals surface area contributed by atoms with Gasteiger partial charge in [0.25, 0.3) is 0 Å². The SMILES string of the molecule is CCCCCCCCCOC(C)OCCCCCCN(CCO)CCCCCCCC(=O)OC(CCCC)CCCCCCCC. The molecule has 0 aromatic carbocycles. The zero-order valence-corrected chi connectivity index (χ0v) is 31.5. The van der Waals surface area contributed by atoms with Gasteiger partial charge < -0.3 is 24.2 Å². The molecule has 0 bridgehead atoms. The number of unbranched alkanes of at least 4 members (excludes halogenated alkanes) is 19. The predicted octanol–water partition coefficient (Wildman–Crippen LogP) is 11.2. The first-order valence-electron chi connectivity index (χ1n) is 20.3. The van der Waals surface area contributed by atoms with E-state index in [1.54, 1.807) is 0 Å². The van der Waals surface area contributed by atoms with E-state index in [4.69, 9.17) is 14.2 Å². The van der Waals surface area contributed by atoms with Crippen LogP contribution in [0.1, 0.15) is 201 Å². The van der Waals surface area contributed by atoms with Crippen molar-refractivity contribution in [2.75, 3.05) is 39.5 Å². The topological polar surface area (TPSA) is 68.2 Å². The maximum absolute atomic E-state index is 12.5. The minimum atomic E-state index is -0.100. The van der Waals surface area contributed by atoms with Crippen molar-refractivity contribution < 1.29 is 24.1 Å². The first kappa shape index (κ1) is 45.3. The Labute approximate surface area is 287 Å². The molecule has 0 aliphatic heterocycles. The maximum Gasteiger partial charge on any atom is 0.306 e. The van der Waals surface area contributed by atoms with Gasteiger partial charge in [-0.2, -0.15) is 0 Å². The van der Waals surface area contributed by atoms with Crippen LogP contribution in [0.2, 0.25) is 0 Å². The number of nitrogens with zero attached hydrogens (tertiary/aromatic N) is 1. The molecule has 0 aromatic rings. The number of rotatable bonds is 38. The summed E-state index contributed by atoms with van der Waals surface area (Å²) in [7, 11) is 0. The van der Waals surface area contributed by atoms with Crippen LogP contribution in [0.15, 0.2) is 0 Å². The summed E-state index contributed by atoms with van der Waals surface area (Å²) in [5.74, 6) is 0.00872. The molecule has 0 fully saturated rings. The Morgan fingerprint density at radius 1 is 0.543 bits per heavy atom. The zero-order chi connectivity index (χ0) is 33.8. The molecule has 1 N–H and O–H groups in total. The first-order chi connectivity index (χ1) is 22.6. The molecule has 0 saturated heterocycles. The lowest BCUT2D eigenvalue weighted by Gasteiger charge is -2.21. The van der Waals surface area contributed by atoms with Crippen LogP contribution in [0.25, 0.3) is 0 Å². The summed E-state index contributed by atoms with van der Waals surface area (Å²) < 4.78 is 17.5. The lowest BCUT2D eigenvalue weighted by molar-refractivity contribution is -0.150. The smallest absolute Gasteiger partial charge is 0.306 e. The van der Waals surface area contributed by atoms with Crippen molar-refractivity contribution in [2.24, 2.45) is 0 Å². The highest BCUT2D eigenvalue weighted by Gasteiger charge is 2.14. The van der Waals surface area contributed by atoms with Crippen LogP contribution in [-0.2, 0) is 19.0 Å². The van der Waals surface area contributed by atoms with E-state index in [0.29, 0.717) is 6.42 Å². The van der Waals surface area contributed by atoms with Crippen LogP contribution >= 0.6 is 0 Å². The molecule has 2 atom stereocenters. The number of carbonyl (C=O) groups excluding carboxylic acids is 1. The van der Waals surface area contributed by atoms with Gasteiger partial charge in [0.2, 0.25) is 0 Å². The molecule has 0 spiro atoms. The van der Waals surface area contributed by atoms with E-state index in [1.807, 2.05) is 6.92 Å². The molecule has 276 valence electrons. The normalized spacial score (nSPS) is 13.0. The Bertz CT molecular complexity index is 604. The first-order valence-corrected chi connectivity index (χ1v) is 20.3. The molecule has 0 aliphatic carbocycles. The lowest BCUT2D eigenvalue weighted by atomic mass is 10.0. The number of aliphatic hydroxyl groups excluding tert-OH is 1. The van der Waals surface area contributed by atoms with Gasteiger partial charge in [-0.3, -0.25) is 4.79 Å². The Morgan fingerprint density at radius 2 is 0.978 bits per heavy atom. The van der Waals surface area contributed by atoms with Crippen LogP contribution in [0, 0.1) is 0 Å². The number of ether oxygens (including phenoxy) is 3. The molecular formula is C40H81NO5. The van der Waals surface area contributed by atoms with E-state index in [9.17, 15) is 9.90 Å². The van der Waals surface area contributed by atoms with Gasteiger partial charge in [-0.15, -0.1) is 0 Å². The summed E-state index contributed by atoms with van der Waals surface area (Å²) in [4.78, 5) is 14.9. The molecule has 0 rings (SSSR count). The van der Waals surface area contributed by atoms with Gasteiger partial charge in [0.1, 0.15) is 6.10 Å². The van der Waals surface area contributed by atoms with E-state index in [2.05, 4.69) is 25.7 Å². The number of aliphatic hydroxyl groups is 1. The van der Waals surface area contributed by atoms with Crippen molar-refractivity contribution in [3.05, 3.63) is 0 Å². The number of esters is 1. The van der Waals surface area contributed by atoms with Crippen LogP contribution in [0.5, 0.6) is 0 Å². The highest BCUT2D eigenvalue weighted by atomic mass is 16.7. The summed E-state index contributed by atoms with van der Waals surface area (Å²) in [5.41, 5.74) is 0. The third kappa shape index (κ3) is 33.2. The number of hydrogen-bond donors (Lipinski definition) is 1. The van der Waals surface area contributed by atoms with Crippen molar-refractivity contribution in [3.8, 4) is 0 Å². The molecule has 46 heavy (non-hydrogen) atoms. The molecule has 0 aromatic heterocycles. The summed E-state index contributed by atoms with van der Waals surface area (Å²) >= 11 is 0. The third-order valence-corrected chi connectivity index (χ3v) is 9.15. The highest BCUT2D eigenvalue weighted by molar-refractivity contribution is 5.69. The van der Waals surface area contributed by atoms with Gasteiger partial charge >= 0.3 is 5.97 Å². The van der Waals surface area contributed by atoms with Gasteiger partial charge in [0, 0.05) is 26.2 Å². The van der Waals surface area contributed by atoms with E-state index >= 15 is 0 Å².